The molecule has 2 aliphatic rings. The fraction of sp³-hybridized carbons (Fsp3) is 0.500. The Balaban J connectivity index is 0.00000124. The molecule has 0 spiro atoms. The predicted octanol–water partition coefficient (Wildman–Crippen LogP) is 5.74. The van der Waals surface area contributed by atoms with Crippen molar-refractivity contribution in [3.05, 3.63) is 64.7 Å². The standard InChI is InChI=1S/C23H28F2N2O.CH3I/c1-16(26)19-4-2-17(3-5-19)13-27-9-8-20-10-22(7-6-21(20)14-27)28-15-18-11-23(24,25)12-18;1-2/h2-7,10,16,18H,8-9,11-15,26H2,1H3;1H3/t16-;/m0./s1. The number of ether oxygens (including phenoxy) is 1. The first-order chi connectivity index (χ1) is 14.4. The van der Waals surface area contributed by atoms with Crippen molar-refractivity contribution < 1.29 is 13.5 Å². The molecule has 1 atom stereocenters. The lowest BCUT2D eigenvalue weighted by atomic mass is 9.82. The van der Waals surface area contributed by atoms with Crippen molar-refractivity contribution in [2.45, 2.75) is 51.2 Å². The van der Waals surface area contributed by atoms with Gasteiger partial charge in [-0.15, -0.1) is 0 Å². The van der Waals surface area contributed by atoms with Gasteiger partial charge in [-0.25, -0.2) is 8.78 Å². The molecule has 1 heterocycles. The molecule has 1 saturated carbocycles. The maximum Gasteiger partial charge on any atom is 0.248 e. The largest absolute Gasteiger partial charge is 0.493 e. The van der Waals surface area contributed by atoms with Crippen molar-refractivity contribution >= 4 is 22.6 Å². The van der Waals surface area contributed by atoms with Gasteiger partial charge in [-0.1, -0.05) is 52.9 Å². The smallest absolute Gasteiger partial charge is 0.248 e. The second-order valence-electron chi connectivity index (χ2n) is 8.36. The van der Waals surface area contributed by atoms with Gasteiger partial charge in [0.25, 0.3) is 0 Å². The summed E-state index contributed by atoms with van der Waals surface area (Å²) in [5, 5.41) is 0. The van der Waals surface area contributed by atoms with Gasteiger partial charge in [0.05, 0.1) is 6.61 Å². The molecule has 2 N–H and O–H groups in total. The van der Waals surface area contributed by atoms with E-state index in [1.54, 1.807) is 0 Å². The highest BCUT2D eigenvalue weighted by Gasteiger charge is 2.45. The number of hydrogen-bond donors (Lipinski definition) is 1. The zero-order chi connectivity index (χ0) is 21.7. The molecule has 1 aliphatic carbocycles. The molecule has 0 saturated heterocycles. The van der Waals surface area contributed by atoms with Crippen LogP contribution in [0.5, 0.6) is 5.75 Å². The highest BCUT2D eigenvalue weighted by atomic mass is 127. The summed E-state index contributed by atoms with van der Waals surface area (Å²) in [6.07, 6.45) is 0.891. The Bertz CT molecular complexity index is 818. The lowest BCUT2D eigenvalue weighted by Crippen LogP contribution is -2.38. The van der Waals surface area contributed by atoms with Crippen LogP contribution in [-0.2, 0) is 19.5 Å². The Morgan fingerprint density at radius 1 is 1.13 bits per heavy atom. The van der Waals surface area contributed by atoms with Crippen LogP contribution in [0.1, 0.15) is 48.1 Å². The summed E-state index contributed by atoms with van der Waals surface area (Å²) in [7, 11) is 0. The van der Waals surface area contributed by atoms with Gasteiger partial charge in [0.1, 0.15) is 5.75 Å². The maximum absolute atomic E-state index is 12.9. The van der Waals surface area contributed by atoms with Crippen LogP contribution >= 0.6 is 22.6 Å². The van der Waals surface area contributed by atoms with Crippen molar-refractivity contribution in [3.63, 3.8) is 0 Å². The molecule has 1 fully saturated rings. The minimum atomic E-state index is -2.48. The van der Waals surface area contributed by atoms with Gasteiger partial charge in [-0.05, 0) is 52.7 Å². The van der Waals surface area contributed by atoms with Crippen LogP contribution in [0.25, 0.3) is 0 Å². The molecule has 0 bridgehead atoms. The average molecular weight is 528 g/mol. The van der Waals surface area contributed by atoms with E-state index in [1.165, 1.54) is 16.7 Å². The van der Waals surface area contributed by atoms with Crippen LogP contribution in [-0.4, -0.2) is 28.9 Å². The van der Waals surface area contributed by atoms with Gasteiger partial charge in [-0.3, -0.25) is 4.90 Å². The van der Waals surface area contributed by atoms with Crippen LogP contribution in [0, 0.1) is 5.92 Å². The van der Waals surface area contributed by atoms with Crippen molar-refractivity contribution in [2.24, 2.45) is 11.7 Å². The molecule has 0 radical (unpaired) electrons. The number of nitrogens with two attached hydrogens (primary N) is 1. The minimum absolute atomic E-state index is 0.0184. The molecule has 4 rings (SSSR count). The molecule has 164 valence electrons. The van der Waals surface area contributed by atoms with Crippen LogP contribution in [0.3, 0.4) is 0 Å². The number of halogens is 3. The third-order valence-corrected chi connectivity index (χ3v) is 5.84. The van der Waals surface area contributed by atoms with E-state index in [1.807, 2.05) is 17.9 Å². The molecule has 0 unspecified atom stereocenters. The van der Waals surface area contributed by atoms with E-state index >= 15 is 0 Å². The first-order valence-electron chi connectivity index (χ1n) is 10.4. The highest BCUT2D eigenvalue weighted by molar-refractivity contribution is 14.1. The molecule has 0 aromatic heterocycles. The second kappa shape index (κ2) is 10.4. The van der Waals surface area contributed by atoms with Crippen molar-refractivity contribution in [2.75, 3.05) is 18.1 Å². The second-order valence-corrected chi connectivity index (χ2v) is 8.36. The average Bonchev–Trinajstić information content (AvgIpc) is 2.72. The van der Waals surface area contributed by atoms with Crippen LogP contribution in [0.2, 0.25) is 0 Å². The lowest BCUT2D eigenvalue weighted by Gasteiger charge is -2.34. The first-order valence-corrected chi connectivity index (χ1v) is 12.6. The molecule has 6 heteroatoms. The summed E-state index contributed by atoms with van der Waals surface area (Å²) in [5.74, 6) is -1.69. The van der Waals surface area contributed by atoms with E-state index in [4.69, 9.17) is 10.5 Å². The Hall–Kier alpha value is -1.25. The number of rotatable bonds is 6. The van der Waals surface area contributed by atoms with Gasteiger partial charge in [-0.2, -0.15) is 0 Å². The fourth-order valence-electron chi connectivity index (χ4n) is 4.11. The van der Waals surface area contributed by atoms with Gasteiger partial charge in [0, 0.05) is 44.4 Å². The molecular formula is C24H31F2IN2O. The van der Waals surface area contributed by atoms with Gasteiger partial charge < -0.3 is 10.5 Å². The number of benzene rings is 2. The number of hydrogen-bond acceptors (Lipinski definition) is 3. The Labute approximate surface area is 192 Å². The van der Waals surface area contributed by atoms with Crippen LogP contribution in [0.15, 0.2) is 42.5 Å². The van der Waals surface area contributed by atoms with E-state index in [-0.39, 0.29) is 24.8 Å². The SMILES string of the molecule is CI.C[C@H](N)c1ccc(CN2CCc3cc(OCC4CC(F)(F)C4)ccc3C2)cc1. The zero-order valence-corrected chi connectivity index (χ0v) is 19.9. The monoisotopic (exact) mass is 528 g/mol. The van der Waals surface area contributed by atoms with Crippen molar-refractivity contribution in [1.82, 2.24) is 4.90 Å². The Kier molecular flexibility index (Phi) is 8.10. The quantitative estimate of drug-likeness (QED) is 0.384. The highest BCUT2D eigenvalue weighted by Crippen LogP contribution is 2.42. The first kappa shape index (κ1) is 23.4. The van der Waals surface area contributed by atoms with Gasteiger partial charge >= 0.3 is 0 Å². The van der Waals surface area contributed by atoms with Crippen molar-refractivity contribution in [1.29, 1.82) is 0 Å². The summed E-state index contributed by atoms with van der Waals surface area (Å²) in [6.45, 7) is 5.22. The Morgan fingerprint density at radius 3 is 2.47 bits per heavy atom. The van der Waals surface area contributed by atoms with Gasteiger partial charge in [0.2, 0.25) is 5.92 Å². The van der Waals surface area contributed by atoms with E-state index in [0.717, 1.165) is 37.4 Å². The molecular weight excluding hydrogens is 497 g/mol. The number of alkyl halides is 3. The molecule has 2 aromatic carbocycles. The normalized spacial score (nSPS) is 19.1. The van der Waals surface area contributed by atoms with E-state index < -0.39 is 5.92 Å². The fourth-order valence-corrected chi connectivity index (χ4v) is 4.11. The lowest BCUT2D eigenvalue weighted by molar-refractivity contribution is -0.119. The molecule has 0 amide bonds. The van der Waals surface area contributed by atoms with Crippen LogP contribution in [0.4, 0.5) is 8.78 Å². The summed E-state index contributed by atoms with van der Waals surface area (Å²) >= 11 is 2.15. The van der Waals surface area contributed by atoms with Crippen molar-refractivity contribution in [3.8, 4) is 5.75 Å². The van der Waals surface area contributed by atoms with E-state index in [2.05, 4.69) is 63.9 Å². The van der Waals surface area contributed by atoms with Gasteiger partial charge in [0.15, 0.2) is 0 Å². The molecule has 2 aromatic rings. The van der Waals surface area contributed by atoms with E-state index in [0.29, 0.717) is 6.61 Å². The molecule has 30 heavy (non-hydrogen) atoms. The zero-order valence-electron chi connectivity index (χ0n) is 17.7. The summed E-state index contributed by atoms with van der Waals surface area (Å²) in [5.41, 5.74) is 11.0. The third kappa shape index (κ3) is 6.14. The van der Waals surface area contributed by atoms with Crippen LogP contribution < -0.4 is 10.5 Å². The summed E-state index contributed by atoms with van der Waals surface area (Å²) in [4.78, 5) is 4.41. The topological polar surface area (TPSA) is 38.5 Å². The summed E-state index contributed by atoms with van der Waals surface area (Å²) < 4.78 is 31.6. The molecule has 1 aliphatic heterocycles. The maximum atomic E-state index is 12.9. The number of fused-ring (bicyclic) bond motifs is 1. The summed E-state index contributed by atoms with van der Waals surface area (Å²) in [6, 6.07) is 14.8. The third-order valence-electron chi connectivity index (χ3n) is 5.84. The predicted molar refractivity (Wildman–Crippen MR) is 126 cm³/mol. The Morgan fingerprint density at radius 2 is 1.83 bits per heavy atom. The minimum Gasteiger partial charge on any atom is -0.493 e. The van der Waals surface area contributed by atoms with E-state index in [9.17, 15) is 8.78 Å². The molecule has 3 nitrogen and oxygen atoms in total. The number of nitrogens with zero attached hydrogens (tertiary/aromatic N) is 1.